The second-order valence-electron chi connectivity index (χ2n) is 3.04. The van der Waals surface area contributed by atoms with E-state index >= 15 is 0 Å². The molecule has 1 rings (SSSR count). The van der Waals surface area contributed by atoms with Crippen molar-refractivity contribution in [2.24, 2.45) is 0 Å². The lowest BCUT2D eigenvalue weighted by atomic mass is 10.2. The van der Waals surface area contributed by atoms with Gasteiger partial charge >= 0.3 is 0 Å². The molecule has 0 aliphatic heterocycles. The van der Waals surface area contributed by atoms with Crippen molar-refractivity contribution in [3.05, 3.63) is 42.5 Å². The van der Waals surface area contributed by atoms with Crippen molar-refractivity contribution < 1.29 is 14.3 Å². The molecule has 1 aromatic rings. The molecule has 0 fully saturated rings. The molecule has 4 heteroatoms. The number of amides is 1. The molecular formula is C12H13NO3. The number of nitrogens with one attached hydrogen (secondary N) is 1. The summed E-state index contributed by atoms with van der Waals surface area (Å²) in [5, 5.41) is 2.57. The number of rotatable bonds is 6. The van der Waals surface area contributed by atoms with Crippen molar-refractivity contribution >= 4 is 12.2 Å². The summed E-state index contributed by atoms with van der Waals surface area (Å²) in [7, 11) is 0. The molecule has 0 unspecified atom stereocenters. The highest BCUT2D eigenvalue weighted by Crippen LogP contribution is 2.15. The third-order valence-electron chi connectivity index (χ3n) is 1.85. The molecule has 0 spiro atoms. The van der Waals surface area contributed by atoms with E-state index in [0.29, 0.717) is 24.1 Å². The van der Waals surface area contributed by atoms with Crippen molar-refractivity contribution in [2.75, 3.05) is 13.2 Å². The van der Waals surface area contributed by atoms with Crippen molar-refractivity contribution in [1.82, 2.24) is 5.32 Å². The Morgan fingerprint density at radius 3 is 2.88 bits per heavy atom. The van der Waals surface area contributed by atoms with Crippen LogP contribution in [0.4, 0.5) is 0 Å². The minimum atomic E-state index is -0.249. The van der Waals surface area contributed by atoms with E-state index in [1.807, 2.05) is 0 Å². The molecule has 0 bridgehead atoms. The average Bonchev–Trinajstić information content (AvgIpc) is 2.34. The van der Waals surface area contributed by atoms with Gasteiger partial charge in [-0.1, -0.05) is 18.2 Å². The van der Waals surface area contributed by atoms with Crippen molar-refractivity contribution in [3.8, 4) is 5.75 Å². The van der Waals surface area contributed by atoms with Gasteiger partial charge in [-0.05, 0) is 12.1 Å². The number of hydrogen-bond acceptors (Lipinski definition) is 3. The van der Waals surface area contributed by atoms with Gasteiger partial charge in [0.05, 0.1) is 5.56 Å². The highest BCUT2D eigenvalue weighted by Gasteiger charge is 2.04. The maximum absolute atomic E-state index is 11.2. The molecule has 0 aliphatic rings. The summed E-state index contributed by atoms with van der Waals surface area (Å²) in [4.78, 5) is 21.9. The van der Waals surface area contributed by atoms with E-state index in [2.05, 4.69) is 11.9 Å². The van der Waals surface area contributed by atoms with Gasteiger partial charge in [0.2, 0.25) is 0 Å². The summed E-state index contributed by atoms with van der Waals surface area (Å²) < 4.78 is 5.21. The zero-order chi connectivity index (χ0) is 11.8. The molecule has 0 saturated heterocycles. The minimum absolute atomic E-state index is 0.112. The van der Waals surface area contributed by atoms with Gasteiger partial charge in [-0.15, -0.1) is 6.58 Å². The van der Waals surface area contributed by atoms with Crippen LogP contribution < -0.4 is 10.1 Å². The van der Waals surface area contributed by atoms with Gasteiger partial charge in [0.15, 0.2) is 12.9 Å². The van der Waals surface area contributed by atoms with Gasteiger partial charge in [0.25, 0.3) is 5.91 Å². The second kappa shape index (κ2) is 6.40. The van der Waals surface area contributed by atoms with Gasteiger partial charge in [-0.2, -0.15) is 0 Å². The van der Waals surface area contributed by atoms with Crippen LogP contribution >= 0.6 is 0 Å². The average molecular weight is 219 g/mol. The van der Waals surface area contributed by atoms with Gasteiger partial charge in [-0.25, -0.2) is 0 Å². The molecule has 0 heterocycles. The number of carbonyl (C=O) groups excluding carboxylic acids is 2. The first kappa shape index (κ1) is 12.0. The highest BCUT2D eigenvalue weighted by atomic mass is 16.5. The van der Waals surface area contributed by atoms with Crippen LogP contribution in [0.15, 0.2) is 36.9 Å². The van der Waals surface area contributed by atoms with Crippen LogP contribution in [0.1, 0.15) is 10.4 Å². The Hall–Kier alpha value is -2.10. The summed E-state index contributed by atoms with van der Waals surface area (Å²) in [5.41, 5.74) is 0.430. The molecule has 0 aromatic heterocycles. The summed E-state index contributed by atoms with van der Waals surface area (Å²) in [6, 6.07) is 6.74. The second-order valence-corrected chi connectivity index (χ2v) is 3.04. The third kappa shape index (κ3) is 3.57. The molecule has 84 valence electrons. The number of hydrogen-bond donors (Lipinski definition) is 1. The van der Waals surface area contributed by atoms with Crippen LogP contribution in [0.5, 0.6) is 5.75 Å². The molecule has 0 radical (unpaired) electrons. The lowest BCUT2D eigenvalue weighted by molar-refractivity contribution is -0.122. The van der Waals surface area contributed by atoms with E-state index in [9.17, 15) is 9.59 Å². The van der Waals surface area contributed by atoms with Crippen LogP contribution in [0.25, 0.3) is 0 Å². The Kier molecular flexibility index (Phi) is 4.79. The number of benzene rings is 1. The SMILES string of the molecule is C=CCNC(=O)COc1ccccc1C=O. The highest BCUT2D eigenvalue weighted by molar-refractivity contribution is 5.80. The van der Waals surface area contributed by atoms with Crippen molar-refractivity contribution in [1.29, 1.82) is 0 Å². The Balaban J connectivity index is 2.50. The fourth-order valence-corrected chi connectivity index (χ4v) is 1.09. The molecule has 0 saturated carbocycles. The Morgan fingerprint density at radius 1 is 1.44 bits per heavy atom. The van der Waals surface area contributed by atoms with Crippen molar-refractivity contribution in [3.63, 3.8) is 0 Å². The topological polar surface area (TPSA) is 55.4 Å². The number of ether oxygens (including phenoxy) is 1. The normalized spacial score (nSPS) is 9.25. The monoisotopic (exact) mass is 219 g/mol. The lowest BCUT2D eigenvalue weighted by Gasteiger charge is -2.07. The zero-order valence-electron chi connectivity index (χ0n) is 8.81. The standard InChI is InChI=1S/C12H13NO3/c1-2-7-13-12(15)9-16-11-6-4-3-5-10(11)8-14/h2-6,8H,1,7,9H2,(H,13,15). The van der Waals surface area contributed by atoms with Gasteiger partial charge in [0.1, 0.15) is 5.75 Å². The minimum Gasteiger partial charge on any atom is -0.483 e. The van der Waals surface area contributed by atoms with Gasteiger partial charge in [0, 0.05) is 6.54 Å². The van der Waals surface area contributed by atoms with Crippen LogP contribution in [-0.4, -0.2) is 25.3 Å². The predicted molar refractivity (Wildman–Crippen MR) is 60.5 cm³/mol. The van der Waals surface area contributed by atoms with E-state index < -0.39 is 0 Å². The molecule has 1 N–H and O–H groups in total. The van der Waals surface area contributed by atoms with Crippen LogP contribution in [-0.2, 0) is 4.79 Å². The van der Waals surface area contributed by atoms with Crippen LogP contribution in [0.2, 0.25) is 0 Å². The summed E-state index contributed by atoms with van der Waals surface area (Å²) in [6.45, 7) is 3.76. The van der Waals surface area contributed by atoms with Gasteiger partial charge < -0.3 is 10.1 Å². The van der Waals surface area contributed by atoms with E-state index in [1.165, 1.54) is 0 Å². The molecule has 0 atom stereocenters. The van der Waals surface area contributed by atoms with E-state index in [-0.39, 0.29) is 12.5 Å². The van der Waals surface area contributed by atoms with E-state index in [4.69, 9.17) is 4.74 Å². The Bertz CT molecular complexity index is 388. The van der Waals surface area contributed by atoms with Crippen molar-refractivity contribution in [2.45, 2.75) is 0 Å². The van der Waals surface area contributed by atoms with Gasteiger partial charge in [-0.3, -0.25) is 9.59 Å². The predicted octanol–water partition coefficient (Wildman–Crippen LogP) is 1.18. The number of para-hydroxylation sites is 1. The third-order valence-corrected chi connectivity index (χ3v) is 1.85. The summed E-state index contributed by atoms with van der Waals surface area (Å²) in [5.74, 6) is 0.159. The first-order valence-corrected chi connectivity index (χ1v) is 4.82. The number of aldehydes is 1. The molecular weight excluding hydrogens is 206 g/mol. The fraction of sp³-hybridized carbons (Fsp3) is 0.167. The maximum atomic E-state index is 11.2. The molecule has 1 aromatic carbocycles. The molecule has 1 amide bonds. The first-order valence-electron chi connectivity index (χ1n) is 4.82. The van der Waals surface area contributed by atoms with E-state index in [1.54, 1.807) is 30.3 Å². The molecule has 0 aliphatic carbocycles. The maximum Gasteiger partial charge on any atom is 0.258 e. The Morgan fingerprint density at radius 2 is 2.19 bits per heavy atom. The van der Waals surface area contributed by atoms with E-state index in [0.717, 1.165) is 0 Å². The first-order chi connectivity index (χ1) is 7.77. The Labute approximate surface area is 93.9 Å². The fourth-order valence-electron chi connectivity index (χ4n) is 1.09. The van der Waals surface area contributed by atoms with Crippen LogP contribution in [0.3, 0.4) is 0 Å². The molecule has 4 nitrogen and oxygen atoms in total. The number of carbonyl (C=O) groups is 2. The summed E-state index contributed by atoms with van der Waals surface area (Å²) >= 11 is 0. The van der Waals surface area contributed by atoms with Crippen LogP contribution in [0, 0.1) is 0 Å². The largest absolute Gasteiger partial charge is 0.483 e. The summed E-state index contributed by atoms with van der Waals surface area (Å²) in [6.07, 6.45) is 2.27. The smallest absolute Gasteiger partial charge is 0.258 e. The lowest BCUT2D eigenvalue weighted by Crippen LogP contribution is -2.28. The quantitative estimate of drug-likeness (QED) is 0.577. The zero-order valence-corrected chi connectivity index (χ0v) is 8.81. The molecule has 16 heavy (non-hydrogen) atoms.